The molecule has 2 bridgehead atoms. The standard InChI is InChI=1S/C19H26N4O2.HI/c1-2-20-19(22-15-12-14-7-8-17(15)25-14)21-9-10-23-16-6-4-3-5-13(16)11-18(23)24;/h3-6,14-15,17H,2,7-12H2,1H3,(H2,20,21,22);1H. The molecule has 3 heterocycles. The Morgan fingerprint density at radius 3 is 2.92 bits per heavy atom. The minimum absolute atomic E-state index is 0. The van der Waals surface area contributed by atoms with Gasteiger partial charge in [0.1, 0.15) is 0 Å². The van der Waals surface area contributed by atoms with E-state index in [-0.39, 0.29) is 29.9 Å². The molecule has 2 saturated heterocycles. The average molecular weight is 470 g/mol. The molecule has 0 aromatic heterocycles. The lowest BCUT2D eigenvalue weighted by atomic mass is 9.96. The molecule has 3 aliphatic heterocycles. The second-order valence-corrected chi connectivity index (χ2v) is 6.97. The Bertz CT molecular complexity index is 681. The maximum absolute atomic E-state index is 12.2. The molecule has 142 valence electrons. The molecular weight excluding hydrogens is 443 g/mol. The number of fused-ring (bicyclic) bond motifs is 3. The summed E-state index contributed by atoms with van der Waals surface area (Å²) in [6.07, 6.45) is 4.63. The van der Waals surface area contributed by atoms with Gasteiger partial charge in [0.15, 0.2) is 5.96 Å². The van der Waals surface area contributed by atoms with E-state index < -0.39 is 0 Å². The predicted molar refractivity (Wildman–Crippen MR) is 113 cm³/mol. The number of hydrogen-bond acceptors (Lipinski definition) is 3. The number of ether oxygens (including phenoxy) is 1. The van der Waals surface area contributed by atoms with Crippen molar-refractivity contribution in [3.8, 4) is 0 Å². The minimum Gasteiger partial charge on any atom is -0.373 e. The van der Waals surface area contributed by atoms with Crippen LogP contribution in [0.3, 0.4) is 0 Å². The van der Waals surface area contributed by atoms with Gasteiger partial charge in [-0.05, 0) is 37.8 Å². The van der Waals surface area contributed by atoms with Crippen molar-refractivity contribution in [1.29, 1.82) is 0 Å². The van der Waals surface area contributed by atoms with E-state index in [4.69, 9.17) is 4.74 Å². The largest absolute Gasteiger partial charge is 0.373 e. The average Bonchev–Trinajstić information content (AvgIpc) is 3.30. The molecule has 2 fully saturated rings. The molecule has 0 spiro atoms. The molecule has 4 rings (SSSR count). The van der Waals surface area contributed by atoms with Gasteiger partial charge in [-0.15, -0.1) is 24.0 Å². The summed E-state index contributed by atoms with van der Waals surface area (Å²) in [4.78, 5) is 18.8. The molecule has 1 aromatic rings. The molecule has 3 atom stereocenters. The number of nitrogens with zero attached hydrogens (tertiary/aromatic N) is 2. The third-order valence-corrected chi connectivity index (χ3v) is 5.29. The number of nitrogens with one attached hydrogen (secondary N) is 2. The van der Waals surface area contributed by atoms with Crippen molar-refractivity contribution in [3.63, 3.8) is 0 Å². The molecule has 1 amide bonds. The number of para-hydroxylation sites is 1. The van der Waals surface area contributed by atoms with Crippen LogP contribution in [0.1, 0.15) is 31.7 Å². The molecule has 3 unspecified atom stereocenters. The maximum atomic E-state index is 12.2. The van der Waals surface area contributed by atoms with E-state index in [2.05, 4.69) is 22.5 Å². The van der Waals surface area contributed by atoms with Crippen LogP contribution >= 0.6 is 24.0 Å². The summed E-state index contributed by atoms with van der Waals surface area (Å²) in [5, 5.41) is 6.82. The zero-order chi connectivity index (χ0) is 17.2. The van der Waals surface area contributed by atoms with Gasteiger partial charge in [-0.3, -0.25) is 9.79 Å². The van der Waals surface area contributed by atoms with Gasteiger partial charge in [0, 0.05) is 18.8 Å². The van der Waals surface area contributed by atoms with E-state index in [1.807, 2.05) is 29.2 Å². The monoisotopic (exact) mass is 470 g/mol. The smallest absolute Gasteiger partial charge is 0.231 e. The van der Waals surface area contributed by atoms with Crippen LogP contribution in [0.15, 0.2) is 29.3 Å². The van der Waals surface area contributed by atoms with Crippen LogP contribution in [0.25, 0.3) is 0 Å². The van der Waals surface area contributed by atoms with Crippen LogP contribution in [-0.2, 0) is 16.0 Å². The molecule has 0 radical (unpaired) electrons. The second kappa shape index (κ2) is 8.56. The van der Waals surface area contributed by atoms with Gasteiger partial charge >= 0.3 is 0 Å². The Hall–Kier alpha value is -1.35. The van der Waals surface area contributed by atoms with Gasteiger partial charge in [0.25, 0.3) is 0 Å². The summed E-state index contributed by atoms with van der Waals surface area (Å²) in [5.74, 6) is 0.986. The van der Waals surface area contributed by atoms with Crippen molar-refractivity contribution >= 4 is 41.5 Å². The fraction of sp³-hybridized carbons (Fsp3) is 0.579. The van der Waals surface area contributed by atoms with E-state index in [1.54, 1.807) is 0 Å². The normalized spacial score (nSPS) is 26.7. The number of halogens is 1. The highest BCUT2D eigenvalue weighted by Crippen LogP contribution is 2.34. The predicted octanol–water partition coefficient (Wildman–Crippen LogP) is 2.07. The molecule has 0 aliphatic carbocycles. The van der Waals surface area contributed by atoms with E-state index >= 15 is 0 Å². The van der Waals surface area contributed by atoms with Crippen LogP contribution in [0.2, 0.25) is 0 Å². The number of carbonyl (C=O) groups excluding carboxylic acids is 1. The Labute approximate surface area is 171 Å². The molecule has 7 heteroatoms. The Morgan fingerprint density at radius 1 is 1.35 bits per heavy atom. The number of benzene rings is 1. The third-order valence-electron chi connectivity index (χ3n) is 5.29. The van der Waals surface area contributed by atoms with Crippen molar-refractivity contribution < 1.29 is 9.53 Å². The Kier molecular flexibility index (Phi) is 6.39. The van der Waals surface area contributed by atoms with Gasteiger partial charge in [-0.25, -0.2) is 0 Å². The highest BCUT2D eigenvalue weighted by molar-refractivity contribution is 14.0. The second-order valence-electron chi connectivity index (χ2n) is 6.97. The number of anilines is 1. The number of aliphatic imine (C=N–C) groups is 1. The van der Waals surface area contributed by atoms with E-state index in [9.17, 15) is 4.79 Å². The molecule has 26 heavy (non-hydrogen) atoms. The third kappa shape index (κ3) is 3.98. The topological polar surface area (TPSA) is 66.0 Å². The van der Waals surface area contributed by atoms with Crippen molar-refractivity contribution in [1.82, 2.24) is 10.6 Å². The quantitative estimate of drug-likeness (QED) is 0.393. The van der Waals surface area contributed by atoms with Crippen molar-refractivity contribution in [2.75, 3.05) is 24.5 Å². The lowest BCUT2D eigenvalue weighted by Crippen LogP contribution is -2.47. The summed E-state index contributed by atoms with van der Waals surface area (Å²) in [5.41, 5.74) is 2.14. The summed E-state index contributed by atoms with van der Waals surface area (Å²) >= 11 is 0. The lowest BCUT2D eigenvalue weighted by Gasteiger charge is -2.23. The first kappa shape index (κ1) is 19.4. The zero-order valence-corrected chi connectivity index (χ0v) is 17.4. The van der Waals surface area contributed by atoms with Crippen LogP contribution in [0, 0.1) is 0 Å². The van der Waals surface area contributed by atoms with Gasteiger partial charge in [-0.2, -0.15) is 0 Å². The first-order valence-electron chi connectivity index (χ1n) is 9.33. The summed E-state index contributed by atoms with van der Waals surface area (Å²) in [7, 11) is 0. The number of hydrogen-bond donors (Lipinski definition) is 2. The lowest BCUT2D eigenvalue weighted by molar-refractivity contribution is -0.117. The highest BCUT2D eigenvalue weighted by Gasteiger charge is 2.41. The maximum Gasteiger partial charge on any atom is 0.231 e. The molecule has 6 nitrogen and oxygen atoms in total. The van der Waals surface area contributed by atoms with Crippen molar-refractivity contribution in [2.24, 2.45) is 4.99 Å². The highest BCUT2D eigenvalue weighted by atomic mass is 127. The fourth-order valence-corrected chi connectivity index (χ4v) is 4.11. The molecule has 0 saturated carbocycles. The van der Waals surface area contributed by atoms with Gasteiger partial charge < -0.3 is 20.3 Å². The molecule has 3 aliphatic rings. The minimum atomic E-state index is 0. The number of guanidine groups is 1. The van der Waals surface area contributed by atoms with Crippen LogP contribution in [0.5, 0.6) is 0 Å². The van der Waals surface area contributed by atoms with Crippen LogP contribution < -0.4 is 15.5 Å². The van der Waals surface area contributed by atoms with Crippen LogP contribution in [-0.4, -0.2) is 49.8 Å². The van der Waals surface area contributed by atoms with Crippen molar-refractivity contribution in [3.05, 3.63) is 29.8 Å². The SMILES string of the molecule is CCNC(=NCCN1C(=O)Cc2ccccc21)NC1CC2CCC1O2.I. The summed E-state index contributed by atoms with van der Waals surface area (Å²) < 4.78 is 5.90. The number of carbonyl (C=O) groups is 1. The first-order chi connectivity index (χ1) is 12.2. The van der Waals surface area contributed by atoms with Crippen molar-refractivity contribution in [2.45, 2.75) is 50.9 Å². The molecule has 2 N–H and O–H groups in total. The van der Waals surface area contributed by atoms with E-state index in [0.717, 1.165) is 36.6 Å². The van der Waals surface area contributed by atoms with Crippen LogP contribution in [0.4, 0.5) is 5.69 Å². The number of rotatable bonds is 5. The fourth-order valence-electron chi connectivity index (χ4n) is 4.11. The van der Waals surface area contributed by atoms with E-state index in [0.29, 0.717) is 37.8 Å². The molecule has 1 aromatic carbocycles. The Morgan fingerprint density at radius 2 is 2.19 bits per heavy atom. The van der Waals surface area contributed by atoms with Gasteiger partial charge in [0.05, 0.1) is 31.2 Å². The first-order valence-corrected chi connectivity index (χ1v) is 9.33. The van der Waals surface area contributed by atoms with E-state index in [1.165, 1.54) is 6.42 Å². The zero-order valence-electron chi connectivity index (χ0n) is 15.1. The molecular formula is C19H27IN4O2. The summed E-state index contributed by atoms with van der Waals surface area (Å²) in [6, 6.07) is 8.36. The number of amides is 1. The Balaban J connectivity index is 0.00000196. The van der Waals surface area contributed by atoms with Gasteiger partial charge in [-0.1, -0.05) is 18.2 Å². The summed E-state index contributed by atoms with van der Waals surface area (Å²) in [6.45, 7) is 4.07. The van der Waals surface area contributed by atoms with Gasteiger partial charge in [0.2, 0.25) is 5.91 Å².